The summed E-state index contributed by atoms with van der Waals surface area (Å²) in [6.45, 7) is 0. The normalized spacial score (nSPS) is 15.4. The molecule has 0 bridgehead atoms. The summed E-state index contributed by atoms with van der Waals surface area (Å²) < 4.78 is 326. The van der Waals surface area contributed by atoms with E-state index in [4.69, 9.17) is 0 Å². The summed E-state index contributed by atoms with van der Waals surface area (Å²) >= 11 is 0. The molecule has 0 aliphatic carbocycles. The Labute approximate surface area is 302 Å². The minimum atomic E-state index is -9.58. The van der Waals surface area contributed by atoms with E-state index < -0.39 is 102 Å². The van der Waals surface area contributed by atoms with Crippen LogP contribution in [-0.4, -0.2) is 76.5 Å². The van der Waals surface area contributed by atoms with E-state index in [2.05, 4.69) is 4.18 Å². The van der Waals surface area contributed by atoms with Gasteiger partial charge in [0.1, 0.15) is 5.75 Å². The lowest BCUT2D eigenvalue weighted by Gasteiger charge is -2.45. The van der Waals surface area contributed by atoms with E-state index >= 15 is 8.78 Å². The van der Waals surface area contributed by atoms with Crippen molar-refractivity contribution in [2.75, 3.05) is 0 Å². The molecular weight excluding hydrogens is 877 g/mol. The quantitative estimate of drug-likeness (QED) is 0.164. The van der Waals surface area contributed by atoms with Crippen LogP contribution in [0.3, 0.4) is 0 Å². The monoisotopic (exact) mass is 892 g/mol. The van der Waals surface area contributed by atoms with Crippen molar-refractivity contribution in [2.45, 2.75) is 80.1 Å². The highest BCUT2D eigenvalue weighted by molar-refractivity contribution is 8.30. The van der Waals surface area contributed by atoms with Gasteiger partial charge in [-0.1, -0.05) is 36.4 Å². The highest BCUT2D eigenvalue weighted by Crippen LogP contribution is 2.71. The molecule has 0 radical (unpaired) electrons. The number of alkyl halides is 23. The van der Waals surface area contributed by atoms with Gasteiger partial charge in [0.2, 0.25) is 0 Å². The van der Waals surface area contributed by atoms with Crippen LogP contribution in [0.5, 0.6) is 5.75 Å². The Morgan fingerprint density at radius 2 is 0.649 bits per heavy atom. The number of carbonyl (C=O) groups excluding carboxylic acids is 1. The molecule has 3 aromatic carbocycles. The highest BCUT2D eigenvalue weighted by atomic mass is 32.3. The summed E-state index contributed by atoms with van der Waals surface area (Å²) in [6, 6.07) is 12.9. The maximum absolute atomic E-state index is 15.2. The van der Waals surface area contributed by atoms with Gasteiger partial charge in [0, 0.05) is 14.7 Å². The number of aromatic hydroxyl groups is 1. The van der Waals surface area contributed by atoms with Crippen LogP contribution in [0.25, 0.3) is 0 Å². The Hall–Kier alpha value is -4.33. The lowest BCUT2D eigenvalue weighted by molar-refractivity contribution is -0.477. The van der Waals surface area contributed by atoms with Crippen molar-refractivity contribution in [2.24, 2.45) is 0 Å². The Balaban J connectivity index is 2.23. The minimum Gasteiger partial charge on any atom is -0.508 e. The highest BCUT2D eigenvalue weighted by Gasteiger charge is 2.99. The van der Waals surface area contributed by atoms with E-state index in [1.807, 2.05) is 0 Å². The van der Waals surface area contributed by atoms with Crippen LogP contribution in [0.1, 0.15) is 0 Å². The smallest absolute Gasteiger partial charge is 0.460 e. The molecule has 0 atom stereocenters. The number of carbonyl (C=O) groups is 1. The first-order valence-electron chi connectivity index (χ1n) is 14.2. The van der Waals surface area contributed by atoms with Crippen LogP contribution in [0.4, 0.5) is 101 Å². The van der Waals surface area contributed by atoms with E-state index in [9.17, 15) is 102 Å². The van der Waals surface area contributed by atoms with Crippen molar-refractivity contribution in [1.29, 1.82) is 0 Å². The number of hydrogen-bond donors (Lipinski definition) is 1. The zero-order valence-electron chi connectivity index (χ0n) is 26.4. The van der Waals surface area contributed by atoms with Crippen molar-refractivity contribution in [3.63, 3.8) is 0 Å². The van der Waals surface area contributed by atoms with Gasteiger partial charge < -0.3 is 9.29 Å². The zero-order chi connectivity index (χ0) is 44.5. The third kappa shape index (κ3) is 6.44. The molecule has 3 nitrogen and oxygen atoms in total. The molecule has 0 amide bonds. The van der Waals surface area contributed by atoms with Crippen molar-refractivity contribution in [1.82, 2.24) is 0 Å². The second-order valence-electron chi connectivity index (χ2n) is 11.3. The molecule has 27 heteroatoms. The SMILES string of the molecule is O=C(OS(c1ccccc1)(c1ccccc1)c1ccc(O)cc1)C(F)(F)C(F)(F)C(F)(F)C(F)(F)C(F)(F)C(F)(F)C(F)(F)C(F)(F)C(F)(F)C(F)(F)C(F)(F)F. The van der Waals surface area contributed by atoms with Crippen molar-refractivity contribution >= 4 is 16.3 Å². The average Bonchev–Trinajstić information content (AvgIpc) is 3.10. The van der Waals surface area contributed by atoms with Gasteiger partial charge in [0.25, 0.3) is 0 Å². The standard InChI is InChI=1S/C30H15F23O3S/c31-20(32,19(55)56-57(16-7-3-1-4-8-16,17-9-5-2-6-10-17)18-13-11-15(54)12-14-18)21(33,34)22(35,36)23(37,38)24(39,40)25(41,42)26(43,44)27(45,46)28(47,48)29(49,50)30(51,52)53/h1-14,54H. The number of benzene rings is 3. The first-order valence-corrected chi connectivity index (χ1v) is 15.7. The van der Waals surface area contributed by atoms with E-state index in [1.165, 1.54) is 12.1 Å². The van der Waals surface area contributed by atoms with Gasteiger partial charge in [-0.15, -0.1) is 0 Å². The minimum absolute atomic E-state index is 0.548. The maximum Gasteiger partial charge on any atom is 0.460 e. The van der Waals surface area contributed by atoms with E-state index in [-0.39, 0.29) is 0 Å². The van der Waals surface area contributed by atoms with E-state index in [0.29, 0.717) is 0 Å². The number of hydrogen-bond acceptors (Lipinski definition) is 3. The first kappa shape index (κ1) is 47.0. The fraction of sp³-hybridized carbons (Fsp3) is 0.367. The number of rotatable bonds is 14. The molecule has 3 rings (SSSR count). The maximum atomic E-state index is 15.2. The molecule has 0 aromatic heterocycles. The van der Waals surface area contributed by atoms with Crippen molar-refractivity contribution in [3.05, 3.63) is 84.9 Å². The predicted octanol–water partition coefficient (Wildman–Crippen LogP) is 12.0. The molecule has 0 aliphatic heterocycles. The lowest BCUT2D eigenvalue weighted by atomic mass is 9.85. The third-order valence-electron chi connectivity index (χ3n) is 7.68. The van der Waals surface area contributed by atoms with Gasteiger partial charge in [-0.3, -0.25) is 0 Å². The molecule has 0 saturated carbocycles. The molecule has 0 spiro atoms. The number of phenolic OH excluding ortho intramolecular Hbond substituents is 1. The van der Waals surface area contributed by atoms with E-state index in [1.54, 1.807) is 0 Å². The molecule has 0 unspecified atom stereocenters. The van der Waals surface area contributed by atoms with Gasteiger partial charge in [-0.2, -0.15) is 101 Å². The van der Waals surface area contributed by atoms with Gasteiger partial charge in [-0.25, -0.2) is 4.79 Å². The van der Waals surface area contributed by atoms with Crippen LogP contribution >= 0.6 is 10.3 Å². The van der Waals surface area contributed by atoms with Crippen molar-refractivity contribution < 1.29 is 115 Å². The number of halogens is 23. The second-order valence-corrected chi connectivity index (χ2v) is 14.0. The zero-order valence-corrected chi connectivity index (χ0v) is 27.3. The summed E-state index contributed by atoms with van der Waals surface area (Å²) in [5.41, 5.74) is 0. The van der Waals surface area contributed by atoms with Crippen LogP contribution in [0.2, 0.25) is 0 Å². The van der Waals surface area contributed by atoms with Crippen molar-refractivity contribution in [3.8, 4) is 5.75 Å². The van der Waals surface area contributed by atoms with Gasteiger partial charge in [-0.05, 0) is 58.8 Å². The Kier molecular flexibility index (Phi) is 11.5. The average molecular weight is 892 g/mol. The topological polar surface area (TPSA) is 46.5 Å². The molecule has 0 fully saturated rings. The summed E-state index contributed by atoms with van der Waals surface area (Å²) in [7, 11) is -4.47. The Bertz CT molecular complexity index is 1860. The van der Waals surface area contributed by atoms with Crippen LogP contribution in [-0.2, 0) is 8.98 Å². The van der Waals surface area contributed by atoms with E-state index in [0.717, 1.165) is 72.8 Å². The first-order chi connectivity index (χ1) is 25.3. The second kappa shape index (κ2) is 13.9. The largest absolute Gasteiger partial charge is 0.508 e. The molecule has 57 heavy (non-hydrogen) atoms. The predicted molar refractivity (Wildman–Crippen MR) is 145 cm³/mol. The molecule has 320 valence electrons. The van der Waals surface area contributed by atoms with Gasteiger partial charge >= 0.3 is 71.4 Å². The van der Waals surface area contributed by atoms with Crippen LogP contribution < -0.4 is 0 Å². The Morgan fingerprint density at radius 3 is 0.947 bits per heavy atom. The fourth-order valence-corrected chi connectivity index (χ4v) is 7.50. The summed E-state index contributed by atoms with van der Waals surface area (Å²) in [4.78, 5) is 11.1. The van der Waals surface area contributed by atoms with Gasteiger partial charge in [0.15, 0.2) is 0 Å². The summed E-state index contributed by atoms with van der Waals surface area (Å²) in [5.74, 6) is -95.4. The van der Waals surface area contributed by atoms with Gasteiger partial charge in [0.05, 0.1) is 0 Å². The molecule has 0 heterocycles. The molecule has 0 aliphatic rings. The molecule has 3 aromatic rings. The number of phenols is 1. The van der Waals surface area contributed by atoms with Crippen LogP contribution in [0.15, 0.2) is 99.6 Å². The molecule has 1 N–H and O–H groups in total. The lowest BCUT2D eigenvalue weighted by Crippen LogP contribution is -2.78. The van der Waals surface area contributed by atoms with Crippen LogP contribution in [0, 0.1) is 0 Å². The fourth-order valence-electron chi connectivity index (χ4n) is 4.46. The third-order valence-corrected chi connectivity index (χ3v) is 10.9. The summed E-state index contributed by atoms with van der Waals surface area (Å²) in [5, 5.41) is 9.68. The Morgan fingerprint density at radius 1 is 0.386 bits per heavy atom. The summed E-state index contributed by atoms with van der Waals surface area (Å²) in [6.07, 6.45) is -8.17. The molecular formula is C30H15F23O3S. The molecule has 0 saturated heterocycles.